The van der Waals surface area contributed by atoms with Gasteiger partial charge in [-0.25, -0.2) is 4.98 Å². The molecule has 0 saturated carbocycles. The number of pyridine rings is 1. The van der Waals surface area contributed by atoms with Crippen LogP contribution < -0.4 is 4.90 Å². The normalized spacial score (nSPS) is 19.1. The van der Waals surface area contributed by atoms with Gasteiger partial charge in [0.15, 0.2) is 0 Å². The van der Waals surface area contributed by atoms with E-state index in [9.17, 15) is 0 Å². The van der Waals surface area contributed by atoms with Gasteiger partial charge in [0.2, 0.25) is 0 Å². The summed E-state index contributed by atoms with van der Waals surface area (Å²) in [5.41, 5.74) is 3.67. The Hall–Kier alpha value is -1.84. The van der Waals surface area contributed by atoms with E-state index < -0.39 is 0 Å². The summed E-state index contributed by atoms with van der Waals surface area (Å²) in [5.74, 6) is 1.09. The predicted octanol–water partition coefficient (Wildman–Crippen LogP) is 2.77. The molecule has 2 aromatic rings. The molecule has 0 amide bonds. The Morgan fingerprint density at radius 1 is 1.26 bits per heavy atom. The highest BCUT2D eigenvalue weighted by atomic mass is 15.3. The van der Waals surface area contributed by atoms with Crippen LogP contribution in [0.2, 0.25) is 0 Å². The minimum Gasteiger partial charge on any atom is -0.349 e. The highest BCUT2D eigenvalue weighted by molar-refractivity contribution is 5.45. The first kappa shape index (κ1) is 12.2. The maximum atomic E-state index is 4.67. The van der Waals surface area contributed by atoms with Gasteiger partial charge in [0.1, 0.15) is 5.82 Å². The van der Waals surface area contributed by atoms with Crippen molar-refractivity contribution < 1.29 is 0 Å². The average molecular weight is 256 g/mol. The van der Waals surface area contributed by atoms with Crippen LogP contribution in [0.4, 0.5) is 5.82 Å². The molecule has 0 radical (unpaired) electrons. The minimum atomic E-state index is 0.419. The zero-order chi connectivity index (χ0) is 13.4. The van der Waals surface area contributed by atoms with Crippen molar-refractivity contribution in [1.29, 1.82) is 0 Å². The highest BCUT2D eigenvalue weighted by Crippen LogP contribution is 2.36. The number of hydrogen-bond acceptors (Lipinski definition) is 3. The molecule has 1 aliphatic rings. The lowest BCUT2D eigenvalue weighted by atomic mass is 10.1. The Balaban J connectivity index is 1.96. The zero-order valence-electron chi connectivity index (χ0n) is 11.8. The van der Waals surface area contributed by atoms with E-state index in [-0.39, 0.29) is 0 Å². The summed E-state index contributed by atoms with van der Waals surface area (Å²) in [6.45, 7) is 5.27. The van der Waals surface area contributed by atoms with Crippen molar-refractivity contribution in [3.63, 3.8) is 0 Å². The molecule has 1 fully saturated rings. The molecule has 100 valence electrons. The fourth-order valence-electron chi connectivity index (χ4n) is 2.90. The van der Waals surface area contributed by atoms with Crippen LogP contribution in [0.5, 0.6) is 0 Å². The van der Waals surface area contributed by atoms with Gasteiger partial charge in [0.05, 0.1) is 12.2 Å². The molecule has 0 bridgehead atoms. The molecule has 1 aliphatic heterocycles. The van der Waals surface area contributed by atoms with Crippen LogP contribution in [0, 0.1) is 13.8 Å². The summed E-state index contributed by atoms with van der Waals surface area (Å²) in [7, 11) is 2.00. The smallest absolute Gasteiger partial charge is 0.129 e. The zero-order valence-corrected chi connectivity index (χ0v) is 11.8. The predicted molar refractivity (Wildman–Crippen MR) is 76.2 cm³/mol. The third kappa shape index (κ3) is 2.11. The van der Waals surface area contributed by atoms with E-state index in [0.717, 1.165) is 18.1 Å². The SMILES string of the molecule is Cc1cccc(N2CCCC2c2cnn(C)c2C)n1. The second-order valence-electron chi connectivity index (χ2n) is 5.30. The monoisotopic (exact) mass is 256 g/mol. The number of rotatable bonds is 2. The van der Waals surface area contributed by atoms with Crippen LogP contribution in [0.3, 0.4) is 0 Å². The van der Waals surface area contributed by atoms with Gasteiger partial charge in [-0.3, -0.25) is 4.68 Å². The molecule has 0 aliphatic carbocycles. The number of aromatic nitrogens is 3. The molecule has 4 heteroatoms. The molecular formula is C15H20N4. The first-order valence-corrected chi connectivity index (χ1v) is 6.85. The molecule has 3 heterocycles. The van der Waals surface area contributed by atoms with Gasteiger partial charge < -0.3 is 4.90 Å². The molecule has 2 aromatic heterocycles. The van der Waals surface area contributed by atoms with Crippen LogP contribution in [0.25, 0.3) is 0 Å². The molecule has 19 heavy (non-hydrogen) atoms. The molecule has 1 unspecified atom stereocenters. The van der Waals surface area contributed by atoms with Gasteiger partial charge in [0, 0.05) is 30.5 Å². The van der Waals surface area contributed by atoms with Gasteiger partial charge in [-0.15, -0.1) is 0 Å². The molecule has 0 N–H and O–H groups in total. The van der Waals surface area contributed by atoms with E-state index >= 15 is 0 Å². The summed E-state index contributed by atoms with van der Waals surface area (Å²) in [4.78, 5) is 7.08. The maximum absolute atomic E-state index is 4.67. The van der Waals surface area contributed by atoms with Crippen molar-refractivity contribution in [3.05, 3.63) is 41.3 Å². The lowest BCUT2D eigenvalue weighted by Gasteiger charge is -2.26. The van der Waals surface area contributed by atoms with Crippen molar-refractivity contribution >= 4 is 5.82 Å². The molecule has 0 aromatic carbocycles. The van der Waals surface area contributed by atoms with Crippen LogP contribution in [0.1, 0.15) is 35.8 Å². The van der Waals surface area contributed by atoms with Gasteiger partial charge >= 0.3 is 0 Å². The van der Waals surface area contributed by atoms with Crippen molar-refractivity contribution in [2.24, 2.45) is 7.05 Å². The van der Waals surface area contributed by atoms with E-state index in [0.29, 0.717) is 6.04 Å². The Morgan fingerprint density at radius 2 is 2.11 bits per heavy atom. The summed E-state index contributed by atoms with van der Waals surface area (Å²) < 4.78 is 1.95. The number of aryl methyl sites for hydroxylation is 2. The van der Waals surface area contributed by atoms with Gasteiger partial charge in [0.25, 0.3) is 0 Å². The highest BCUT2D eigenvalue weighted by Gasteiger charge is 2.29. The van der Waals surface area contributed by atoms with Crippen LogP contribution >= 0.6 is 0 Å². The Morgan fingerprint density at radius 3 is 2.79 bits per heavy atom. The van der Waals surface area contributed by atoms with Crippen molar-refractivity contribution in [2.75, 3.05) is 11.4 Å². The Bertz CT molecular complexity index is 588. The molecule has 1 saturated heterocycles. The third-order valence-corrected chi connectivity index (χ3v) is 4.05. The first-order valence-electron chi connectivity index (χ1n) is 6.85. The van der Waals surface area contributed by atoms with E-state index in [1.54, 1.807) is 0 Å². The van der Waals surface area contributed by atoms with Gasteiger partial charge in [-0.1, -0.05) is 6.07 Å². The third-order valence-electron chi connectivity index (χ3n) is 4.05. The van der Waals surface area contributed by atoms with Crippen molar-refractivity contribution in [2.45, 2.75) is 32.7 Å². The summed E-state index contributed by atoms with van der Waals surface area (Å²) >= 11 is 0. The summed E-state index contributed by atoms with van der Waals surface area (Å²) in [6.07, 6.45) is 4.41. The first-order chi connectivity index (χ1) is 9.16. The van der Waals surface area contributed by atoms with Crippen molar-refractivity contribution in [1.82, 2.24) is 14.8 Å². The van der Waals surface area contributed by atoms with Crippen molar-refractivity contribution in [3.8, 4) is 0 Å². The van der Waals surface area contributed by atoms with Gasteiger partial charge in [-0.05, 0) is 38.8 Å². The Kier molecular flexibility index (Phi) is 3.01. The number of nitrogens with zero attached hydrogens (tertiary/aromatic N) is 4. The number of hydrogen-bond donors (Lipinski definition) is 0. The topological polar surface area (TPSA) is 34.0 Å². The summed E-state index contributed by atoms with van der Waals surface area (Å²) in [5, 5.41) is 4.38. The second-order valence-corrected chi connectivity index (χ2v) is 5.30. The number of anilines is 1. The molecule has 3 rings (SSSR count). The second kappa shape index (κ2) is 4.68. The van der Waals surface area contributed by atoms with E-state index in [2.05, 4.69) is 34.0 Å². The fraction of sp³-hybridized carbons (Fsp3) is 0.467. The van der Waals surface area contributed by atoms with E-state index in [4.69, 9.17) is 0 Å². The lowest BCUT2D eigenvalue weighted by Crippen LogP contribution is -2.24. The van der Waals surface area contributed by atoms with Crippen LogP contribution in [0.15, 0.2) is 24.4 Å². The molecular weight excluding hydrogens is 236 g/mol. The minimum absolute atomic E-state index is 0.419. The van der Waals surface area contributed by atoms with Crippen LogP contribution in [-0.2, 0) is 7.05 Å². The Labute approximate surface area is 114 Å². The van der Waals surface area contributed by atoms with E-state index in [1.807, 2.05) is 30.9 Å². The fourth-order valence-corrected chi connectivity index (χ4v) is 2.90. The standard InChI is InChI=1S/C15H20N4/c1-11-6-4-8-15(17-11)19-9-5-7-14(19)13-10-16-18(3)12(13)2/h4,6,8,10,14H,5,7,9H2,1-3H3. The molecule has 0 spiro atoms. The molecule has 4 nitrogen and oxygen atoms in total. The molecule has 1 atom stereocenters. The van der Waals surface area contributed by atoms with Crippen LogP contribution in [-0.4, -0.2) is 21.3 Å². The largest absolute Gasteiger partial charge is 0.349 e. The van der Waals surface area contributed by atoms with Gasteiger partial charge in [-0.2, -0.15) is 5.10 Å². The summed E-state index contributed by atoms with van der Waals surface area (Å²) in [6, 6.07) is 6.66. The average Bonchev–Trinajstić information content (AvgIpc) is 2.98. The lowest BCUT2D eigenvalue weighted by molar-refractivity contribution is 0.693. The quantitative estimate of drug-likeness (QED) is 0.828. The van der Waals surface area contributed by atoms with E-state index in [1.165, 1.54) is 24.1 Å². The maximum Gasteiger partial charge on any atom is 0.129 e.